The van der Waals surface area contributed by atoms with Crippen LogP contribution in [0.5, 0.6) is 0 Å². The average molecular weight is 404 g/mol. The van der Waals surface area contributed by atoms with Crippen molar-refractivity contribution in [3.05, 3.63) is 24.3 Å². The second-order valence-corrected chi connectivity index (χ2v) is 8.32. The number of carbonyl (C=O) groups is 3. The molecule has 0 saturated carbocycles. The molecule has 4 aliphatic rings. The van der Waals surface area contributed by atoms with Crippen molar-refractivity contribution >= 4 is 17.8 Å². The number of allylic oxidation sites excluding steroid dienone is 1. The standard InChI is InChI=1S/C21H28N2O6/c1-13(2)22-9-6-8-21-16(18(25)23(10-11-24)17(21)19(22)26)15-14(29-21)7-4-3-5-12-28-20(15)27/h4,6-8,13-17,24H,3,5,9-12H2,1-2H3/b7-4-/t14-,15?,16+,17-,21?/m1/s1. The normalized spacial score (nSPS) is 38.0. The quantitative estimate of drug-likeness (QED) is 0.535. The largest absolute Gasteiger partial charge is 0.465 e. The van der Waals surface area contributed by atoms with Gasteiger partial charge in [-0.1, -0.05) is 24.3 Å². The van der Waals surface area contributed by atoms with E-state index in [1.165, 1.54) is 4.90 Å². The van der Waals surface area contributed by atoms with Gasteiger partial charge in [0, 0.05) is 19.1 Å². The SMILES string of the molecule is CC(C)N1CC=CC23O[C@@H]4/C=C\CCCOC(=O)C4[C@H]2C(=O)N(CCO)[C@@H]3C1=O. The molecule has 8 nitrogen and oxygen atoms in total. The summed E-state index contributed by atoms with van der Waals surface area (Å²) in [6.45, 7) is 4.27. The van der Waals surface area contributed by atoms with E-state index in [1.54, 1.807) is 11.0 Å². The fraction of sp³-hybridized carbons (Fsp3) is 0.667. The minimum absolute atomic E-state index is 0.0128. The van der Waals surface area contributed by atoms with Crippen molar-refractivity contribution < 1.29 is 29.0 Å². The number of nitrogens with zero attached hydrogens (tertiary/aromatic N) is 2. The maximum absolute atomic E-state index is 13.5. The molecule has 2 amide bonds. The number of esters is 1. The van der Waals surface area contributed by atoms with Gasteiger partial charge in [-0.3, -0.25) is 14.4 Å². The van der Waals surface area contributed by atoms with E-state index in [4.69, 9.17) is 9.47 Å². The lowest BCUT2D eigenvalue weighted by molar-refractivity contribution is -0.155. The van der Waals surface area contributed by atoms with Gasteiger partial charge in [0.05, 0.1) is 25.2 Å². The van der Waals surface area contributed by atoms with Crippen LogP contribution in [0.25, 0.3) is 0 Å². The molecular weight excluding hydrogens is 376 g/mol. The Balaban J connectivity index is 1.83. The number of likely N-dealkylation sites (tertiary alicyclic amines) is 1. The van der Waals surface area contributed by atoms with Crippen molar-refractivity contribution in [3.8, 4) is 0 Å². The monoisotopic (exact) mass is 404 g/mol. The van der Waals surface area contributed by atoms with E-state index in [-0.39, 0.29) is 31.0 Å². The summed E-state index contributed by atoms with van der Waals surface area (Å²) in [5, 5.41) is 9.55. The molecule has 0 aromatic rings. The summed E-state index contributed by atoms with van der Waals surface area (Å²) in [5.41, 5.74) is -1.25. The Morgan fingerprint density at radius 1 is 1.24 bits per heavy atom. The first kappa shape index (κ1) is 20.1. The third kappa shape index (κ3) is 3.00. The minimum atomic E-state index is -1.25. The molecule has 0 bridgehead atoms. The third-order valence-corrected chi connectivity index (χ3v) is 6.35. The summed E-state index contributed by atoms with van der Waals surface area (Å²) in [6, 6.07) is -0.971. The van der Waals surface area contributed by atoms with Gasteiger partial charge in [0.25, 0.3) is 0 Å². The molecule has 2 unspecified atom stereocenters. The lowest BCUT2D eigenvalue weighted by atomic mass is 9.78. The smallest absolute Gasteiger partial charge is 0.312 e. The van der Waals surface area contributed by atoms with Crippen LogP contribution in [-0.2, 0) is 23.9 Å². The molecule has 0 aliphatic carbocycles. The second kappa shape index (κ2) is 7.57. The summed E-state index contributed by atoms with van der Waals surface area (Å²) in [5.74, 6) is -2.70. The summed E-state index contributed by atoms with van der Waals surface area (Å²) in [4.78, 5) is 42.9. The first-order valence-corrected chi connectivity index (χ1v) is 10.3. The van der Waals surface area contributed by atoms with E-state index in [1.807, 2.05) is 32.1 Å². The highest BCUT2D eigenvalue weighted by atomic mass is 16.6. The molecular formula is C21H28N2O6. The average Bonchev–Trinajstić information content (AvgIpc) is 3.07. The number of fused-ring (bicyclic) bond motifs is 2. The lowest BCUT2D eigenvalue weighted by Crippen LogP contribution is -2.56. The van der Waals surface area contributed by atoms with Crippen LogP contribution in [0.2, 0.25) is 0 Å². The fourth-order valence-corrected chi connectivity index (χ4v) is 5.08. The van der Waals surface area contributed by atoms with Crippen LogP contribution < -0.4 is 0 Å². The molecule has 0 aromatic carbocycles. The zero-order chi connectivity index (χ0) is 20.8. The summed E-state index contributed by atoms with van der Waals surface area (Å²) < 4.78 is 11.8. The maximum atomic E-state index is 13.5. The van der Waals surface area contributed by atoms with Gasteiger partial charge >= 0.3 is 5.97 Å². The van der Waals surface area contributed by atoms with E-state index in [9.17, 15) is 19.5 Å². The van der Waals surface area contributed by atoms with Gasteiger partial charge in [-0.2, -0.15) is 0 Å². The van der Waals surface area contributed by atoms with Crippen molar-refractivity contribution in [2.24, 2.45) is 11.8 Å². The number of amides is 2. The molecule has 2 saturated heterocycles. The molecule has 0 radical (unpaired) electrons. The predicted molar refractivity (Wildman–Crippen MR) is 102 cm³/mol. The van der Waals surface area contributed by atoms with E-state index in [2.05, 4.69) is 0 Å². The van der Waals surface area contributed by atoms with Crippen LogP contribution >= 0.6 is 0 Å². The molecule has 4 heterocycles. The summed E-state index contributed by atoms with van der Waals surface area (Å²) in [7, 11) is 0. The van der Waals surface area contributed by atoms with Crippen LogP contribution in [-0.4, -0.2) is 82.8 Å². The highest BCUT2D eigenvalue weighted by Gasteiger charge is 2.71. The number of hydrogen-bond acceptors (Lipinski definition) is 6. The topological polar surface area (TPSA) is 96.4 Å². The Kier molecular flexibility index (Phi) is 5.25. The first-order chi connectivity index (χ1) is 13.9. The Labute approximate surface area is 170 Å². The Bertz CT molecular complexity index is 762. The van der Waals surface area contributed by atoms with E-state index < -0.39 is 35.6 Å². The van der Waals surface area contributed by atoms with E-state index in [0.29, 0.717) is 19.6 Å². The molecule has 1 spiro atoms. The second-order valence-electron chi connectivity index (χ2n) is 8.32. The van der Waals surface area contributed by atoms with Gasteiger partial charge in [-0.15, -0.1) is 0 Å². The van der Waals surface area contributed by atoms with Crippen LogP contribution in [0.3, 0.4) is 0 Å². The Morgan fingerprint density at radius 2 is 2.03 bits per heavy atom. The number of carbonyl (C=O) groups excluding carboxylic acids is 3. The van der Waals surface area contributed by atoms with Gasteiger partial charge in [0.15, 0.2) is 0 Å². The maximum Gasteiger partial charge on any atom is 0.312 e. The van der Waals surface area contributed by atoms with Crippen LogP contribution in [0.15, 0.2) is 24.3 Å². The number of hydrogen-bond donors (Lipinski definition) is 1. The van der Waals surface area contributed by atoms with E-state index >= 15 is 0 Å². The minimum Gasteiger partial charge on any atom is -0.465 e. The molecule has 1 N–H and O–H groups in total. The third-order valence-electron chi connectivity index (χ3n) is 6.35. The van der Waals surface area contributed by atoms with Gasteiger partial charge < -0.3 is 24.4 Å². The molecule has 4 rings (SSSR count). The van der Waals surface area contributed by atoms with Gasteiger partial charge in [0.1, 0.15) is 17.6 Å². The lowest BCUT2D eigenvalue weighted by Gasteiger charge is -2.36. The number of aliphatic hydroxyl groups excluding tert-OH is 1. The molecule has 5 atom stereocenters. The Hall–Kier alpha value is -2.19. The fourth-order valence-electron chi connectivity index (χ4n) is 5.08. The van der Waals surface area contributed by atoms with Gasteiger partial charge in [-0.25, -0.2) is 0 Å². The van der Waals surface area contributed by atoms with Gasteiger partial charge in [0.2, 0.25) is 11.8 Å². The first-order valence-electron chi connectivity index (χ1n) is 10.3. The molecule has 2 fully saturated rings. The van der Waals surface area contributed by atoms with E-state index in [0.717, 1.165) is 6.42 Å². The molecule has 0 aromatic heterocycles. The van der Waals surface area contributed by atoms with Crippen molar-refractivity contribution in [3.63, 3.8) is 0 Å². The molecule has 4 aliphatic heterocycles. The number of β-amino-alcohol motifs (C(OH)–C–C–N with tert-alkyl or cyclic N) is 1. The van der Waals surface area contributed by atoms with Crippen LogP contribution in [0, 0.1) is 11.8 Å². The molecule has 29 heavy (non-hydrogen) atoms. The number of ether oxygens (including phenoxy) is 2. The predicted octanol–water partition coefficient (Wildman–Crippen LogP) is 0.260. The number of aliphatic hydroxyl groups is 1. The summed E-state index contributed by atoms with van der Waals surface area (Å²) in [6.07, 6.45) is 8.25. The Morgan fingerprint density at radius 3 is 2.76 bits per heavy atom. The van der Waals surface area contributed by atoms with Crippen LogP contribution in [0.4, 0.5) is 0 Å². The highest BCUT2D eigenvalue weighted by molar-refractivity contribution is 5.99. The zero-order valence-electron chi connectivity index (χ0n) is 16.8. The zero-order valence-corrected chi connectivity index (χ0v) is 16.8. The highest BCUT2D eigenvalue weighted by Crippen LogP contribution is 2.53. The molecule has 8 heteroatoms. The summed E-state index contributed by atoms with van der Waals surface area (Å²) >= 11 is 0. The van der Waals surface area contributed by atoms with Crippen molar-refractivity contribution in [1.82, 2.24) is 9.80 Å². The van der Waals surface area contributed by atoms with Gasteiger partial charge in [-0.05, 0) is 26.7 Å². The van der Waals surface area contributed by atoms with Crippen molar-refractivity contribution in [1.29, 1.82) is 0 Å². The number of cyclic esters (lactones) is 1. The van der Waals surface area contributed by atoms with Crippen molar-refractivity contribution in [2.45, 2.75) is 50.5 Å². The number of rotatable bonds is 3. The van der Waals surface area contributed by atoms with Crippen molar-refractivity contribution in [2.75, 3.05) is 26.3 Å². The van der Waals surface area contributed by atoms with Crippen LogP contribution in [0.1, 0.15) is 26.7 Å². The molecule has 158 valence electrons.